The Kier molecular flexibility index (Phi) is 4.55. The van der Waals surface area contributed by atoms with Crippen molar-refractivity contribution in [3.8, 4) is 11.5 Å². The summed E-state index contributed by atoms with van der Waals surface area (Å²) in [7, 11) is 0. The van der Waals surface area contributed by atoms with Crippen molar-refractivity contribution in [2.45, 2.75) is 52.0 Å². The normalized spacial score (nSPS) is 22.3. The van der Waals surface area contributed by atoms with Gasteiger partial charge in [0.15, 0.2) is 5.82 Å². The summed E-state index contributed by atoms with van der Waals surface area (Å²) in [6, 6.07) is 8.03. The zero-order valence-corrected chi connectivity index (χ0v) is 19.3. The number of benzene rings is 1. The van der Waals surface area contributed by atoms with Gasteiger partial charge < -0.3 is 15.0 Å². The number of carbonyl (C=O) groups is 1. The molecule has 5 rings (SSSR count). The van der Waals surface area contributed by atoms with Gasteiger partial charge in [-0.05, 0) is 37.3 Å². The molecule has 3 heterocycles. The van der Waals surface area contributed by atoms with E-state index in [2.05, 4.69) is 37.6 Å². The summed E-state index contributed by atoms with van der Waals surface area (Å²) in [5, 5.41) is 12.1. The summed E-state index contributed by atoms with van der Waals surface area (Å²) in [5.41, 5.74) is 2.09. The largest absolute Gasteiger partial charge is 0.465 e. The van der Waals surface area contributed by atoms with Crippen molar-refractivity contribution in [3.63, 3.8) is 0 Å². The average molecular weight is 440 g/mol. The number of H-pyrrole nitrogens is 1. The molecule has 0 bridgehead atoms. The molecule has 2 aromatic heterocycles. The number of piperazine rings is 1. The Labute approximate surface area is 186 Å². The number of rotatable bonds is 3. The number of carboxylic acid groups (broad SMARTS) is 1. The van der Waals surface area contributed by atoms with Gasteiger partial charge in [0, 0.05) is 25.6 Å². The van der Waals surface area contributed by atoms with Crippen molar-refractivity contribution < 1.29 is 9.90 Å². The molecular weight excluding hydrogens is 410 g/mol. The number of para-hydroxylation sites is 2. The van der Waals surface area contributed by atoms with Crippen LogP contribution in [-0.2, 0) is 0 Å². The molecule has 1 aliphatic carbocycles. The lowest BCUT2D eigenvalue weighted by atomic mass is 9.72. The van der Waals surface area contributed by atoms with Gasteiger partial charge >= 0.3 is 6.09 Å². The van der Waals surface area contributed by atoms with Gasteiger partial charge in [-0.2, -0.15) is 0 Å². The fourth-order valence-corrected chi connectivity index (χ4v) is 5.65. The Morgan fingerprint density at radius 2 is 1.97 bits per heavy atom. The molecule has 2 N–H and O–H groups in total. The van der Waals surface area contributed by atoms with Gasteiger partial charge in [-0.15, -0.1) is 11.3 Å². The number of fused-ring (bicyclic) bond motifs is 1. The number of imidazole rings is 1. The predicted octanol–water partition coefficient (Wildman–Crippen LogP) is 5.17. The zero-order chi connectivity index (χ0) is 22.0. The fraction of sp³-hybridized carbons (Fsp3) is 0.522. The highest BCUT2D eigenvalue weighted by Crippen LogP contribution is 2.48. The first kappa shape index (κ1) is 20.3. The number of hydrogen-bond acceptors (Lipinski definition) is 5. The lowest BCUT2D eigenvalue weighted by Crippen LogP contribution is -2.67. The third-order valence-electron chi connectivity index (χ3n) is 6.99. The van der Waals surface area contributed by atoms with Gasteiger partial charge in [0.05, 0.1) is 21.6 Å². The SMILES string of the molecule is CC(C)(C)C1(C)CN(c2sc(C3CC3)nc2-c2nc3ccccc3[nH]2)CCN1C(=O)O. The highest BCUT2D eigenvalue weighted by molar-refractivity contribution is 7.16. The second kappa shape index (κ2) is 6.95. The van der Waals surface area contributed by atoms with Gasteiger partial charge in [0.2, 0.25) is 0 Å². The molecule has 2 aliphatic rings. The Balaban J connectivity index is 1.57. The topological polar surface area (TPSA) is 85.4 Å². The Bertz CT molecular complexity index is 1110. The average Bonchev–Trinajstić information content (AvgIpc) is 3.31. The van der Waals surface area contributed by atoms with Crippen LogP contribution in [0.4, 0.5) is 9.80 Å². The number of amides is 1. The van der Waals surface area contributed by atoms with Crippen molar-refractivity contribution in [1.29, 1.82) is 0 Å². The predicted molar refractivity (Wildman–Crippen MR) is 124 cm³/mol. The minimum absolute atomic E-state index is 0.215. The van der Waals surface area contributed by atoms with Crippen LogP contribution in [0.1, 0.15) is 51.5 Å². The summed E-state index contributed by atoms with van der Waals surface area (Å²) in [6.45, 7) is 10.2. The Morgan fingerprint density at radius 1 is 1.23 bits per heavy atom. The van der Waals surface area contributed by atoms with Crippen molar-refractivity contribution in [2.75, 3.05) is 24.5 Å². The molecule has 164 valence electrons. The Morgan fingerprint density at radius 3 is 2.61 bits per heavy atom. The van der Waals surface area contributed by atoms with Crippen molar-refractivity contribution in [2.24, 2.45) is 5.41 Å². The summed E-state index contributed by atoms with van der Waals surface area (Å²) in [4.78, 5) is 29.3. The highest BCUT2D eigenvalue weighted by Gasteiger charge is 2.49. The van der Waals surface area contributed by atoms with Crippen LogP contribution in [0.5, 0.6) is 0 Å². The molecule has 1 saturated heterocycles. The maximum atomic E-state index is 12.0. The molecule has 1 saturated carbocycles. The number of thiazole rings is 1. The molecule has 1 amide bonds. The summed E-state index contributed by atoms with van der Waals surface area (Å²) < 4.78 is 0. The highest BCUT2D eigenvalue weighted by atomic mass is 32.1. The molecule has 31 heavy (non-hydrogen) atoms. The molecule has 0 spiro atoms. The summed E-state index contributed by atoms with van der Waals surface area (Å²) in [6.07, 6.45) is 1.54. The van der Waals surface area contributed by atoms with E-state index >= 15 is 0 Å². The molecule has 1 aliphatic heterocycles. The lowest BCUT2D eigenvalue weighted by molar-refractivity contribution is 0.00763. The van der Waals surface area contributed by atoms with Crippen molar-refractivity contribution in [1.82, 2.24) is 19.9 Å². The first-order valence-electron chi connectivity index (χ1n) is 10.9. The molecule has 8 heteroatoms. The van der Waals surface area contributed by atoms with Crippen LogP contribution in [-0.4, -0.2) is 56.2 Å². The van der Waals surface area contributed by atoms with E-state index in [1.165, 1.54) is 17.8 Å². The standard InChI is InChI=1S/C23H29N5O2S/c1-22(2,3)23(4)13-27(11-12-28(23)21(29)30)20-17(26-19(31-20)14-9-10-14)18-24-15-7-5-6-8-16(15)25-18/h5-8,14H,9-13H2,1-4H3,(H,24,25)(H,29,30). The first-order valence-corrected chi connectivity index (χ1v) is 11.7. The van der Waals surface area contributed by atoms with E-state index in [4.69, 9.17) is 9.97 Å². The van der Waals surface area contributed by atoms with Gasteiger partial charge in [-0.3, -0.25) is 4.90 Å². The quantitative estimate of drug-likeness (QED) is 0.588. The third-order valence-corrected chi connectivity index (χ3v) is 8.27. The van der Waals surface area contributed by atoms with E-state index in [-0.39, 0.29) is 5.41 Å². The number of nitrogens with one attached hydrogen (secondary N) is 1. The minimum atomic E-state index is -0.849. The van der Waals surface area contributed by atoms with Crippen LogP contribution < -0.4 is 4.90 Å². The maximum absolute atomic E-state index is 12.0. The fourth-order valence-electron chi connectivity index (χ4n) is 4.39. The van der Waals surface area contributed by atoms with Gasteiger partial charge in [-0.25, -0.2) is 14.8 Å². The van der Waals surface area contributed by atoms with Crippen LogP contribution in [0.3, 0.4) is 0 Å². The number of aromatic nitrogens is 3. The van der Waals surface area contributed by atoms with E-state index in [0.29, 0.717) is 25.6 Å². The Hall–Kier alpha value is -2.61. The zero-order valence-electron chi connectivity index (χ0n) is 18.5. The van der Waals surface area contributed by atoms with E-state index in [0.717, 1.165) is 27.6 Å². The molecular formula is C23H29N5O2S. The second-order valence-corrected chi connectivity index (χ2v) is 11.0. The summed E-state index contributed by atoms with van der Waals surface area (Å²) in [5.74, 6) is 1.34. The number of aromatic amines is 1. The molecule has 1 aromatic carbocycles. The van der Waals surface area contributed by atoms with E-state index in [1.54, 1.807) is 16.2 Å². The molecule has 0 radical (unpaired) electrons. The molecule has 7 nitrogen and oxygen atoms in total. The molecule has 1 unspecified atom stereocenters. The van der Waals surface area contributed by atoms with Crippen molar-refractivity contribution >= 4 is 33.5 Å². The van der Waals surface area contributed by atoms with E-state index < -0.39 is 11.6 Å². The van der Waals surface area contributed by atoms with Crippen molar-refractivity contribution in [3.05, 3.63) is 29.3 Å². The van der Waals surface area contributed by atoms with Crippen LogP contribution >= 0.6 is 11.3 Å². The van der Waals surface area contributed by atoms with Crippen LogP contribution in [0.2, 0.25) is 0 Å². The number of anilines is 1. The smallest absolute Gasteiger partial charge is 0.407 e. The van der Waals surface area contributed by atoms with Gasteiger partial charge in [0.25, 0.3) is 0 Å². The van der Waals surface area contributed by atoms with Crippen LogP contribution in [0.25, 0.3) is 22.6 Å². The van der Waals surface area contributed by atoms with Crippen LogP contribution in [0.15, 0.2) is 24.3 Å². The van der Waals surface area contributed by atoms with Gasteiger partial charge in [0.1, 0.15) is 10.7 Å². The third kappa shape index (κ3) is 3.37. The molecule has 1 atom stereocenters. The van der Waals surface area contributed by atoms with Crippen LogP contribution in [0, 0.1) is 5.41 Å². The molecule has 2 fully saturated rings. The van der Waals surface area contributed by atoms with E-state index in [1.807, 2.05) is 24.3 Å². The molecule has 3 aromatic rings. The summed E-state index contributed by atoms with van der Waals surface area (Å²) >= 11 is 1.75. The second-order valence-electron chi connectivity index (χ2n) is 9.96. The maximum Gasteiger partial charge on any atom is 0.407 e. The number of hydrogen-bond donors (Lipinski definition) is 2. The van der Waals surface area contributed by atoms with E-state index in [9.17, 15) is 9.90 Å². The minimum Gasteiger partial charge on any atom is -0.465 e. The van der Waals surface area contributed by atoms with Gasteiger partial charge in [-0.1, -0.05) is 32.9 Å². The lowest BCUT2D eigenvalue weighted by Gasteiger charge is -2.54. The number of nitrogens with zero attached hydrogens (tertiary/aromatic N) is 4. The monoisotopic (exact) mass is 439 g/mol. The first-order chi connectivity index (χ1) is 14.7.